The molecule has 170 valence electrons. The van der Waals surface area contributed by atoms with E-state index in [4.69, 9.17) is 20.8 Å². The average Bonchev–Trinajstić information content (AvgIpc) is 3.27. The molecular formula is C28H23ClN2O3. The second kappa shape index (κ2) is 9.20. The summed E-state index contributed by atoms with van der Waals surface area (Å²) in [6.45, 7) is 4.06. The summed E-state index contributed by atoms with van der Waals surface area (Å²) >= 11 is 6.36. The van der Waals surface area contributed by atoms with Gasteiger partial charge in [0.1, 0.15) is 11.3 Å². The number of carbonyl (C=O) groups is 1. The van der Waals surface area contributed by atoms with Gasteiger partial charge in [-0.05, 0) is 67.3 Å². The molecule has 0 aliphatic heterocycles. The highest BCUT2D eigenvalue weighted by Gasteiger charge is 2.14. The molecule has 0 fully saturated rings. The van der Waals surface area contributed by atoms with Crippen LogP contribution in [0.25, 0.3) is 33.3 Å². The van der Waals surface area contributed by atoms with E-state index in [1.54, 1.807) is 24.3 Å². The number of carbonyl (C=O) groups excluding carboxylic acids is 1. The number of fused-ring (bicyclic) bond motifs is 2. The molecule has 1 heterocycles. The summed E-state index contributed by atoms with van der Waals surface area (Å²) in [5.41, 5.74) is 3.30. The summed E-state index contributed by atoms with van der Waals surface area (Å²) in [7, 11) is 0. The first-order valence-electron chi connectivity index (χ1n) is 11.2. The van der Waals surface area contributed by atoms with Gasteiger partial charge >= 0.3 is 0 Å². The SMILES string of the molecule is CC[C@H](C)Oc1cccc(C(=O)Nc2ccc3oc(-c4cccc5c(Cl)cccc45)nc3c2)c1. The number of nitrogens with one attached hydrogen (secondary N) is 1. The largest absolute Gasteiger partial charge is 0.491 e. The van der Waals surface area contributed by atoms with Gasteiger partial charge in [0.15, 0.2) is 5.58 Å². The normalized spacial score (nSPS) is 12.1. The van der Waals surface area contributed by atoms with Crippen molar-refractivity contribution >= 4 is 45.1 Å². The Bertz CT molecular complexity index is 1510. The molecule has 5 aromatic rings. The molecule has 0 aliphatic carbocycles. The molecule has 1 amide bonds. The van der Waals surface area contributed by atoms with E-state index in [0.29, 0.717) is 39.0 Å². The Balaban J connectivity index is 1.42. The maximum absolute atomic E-state index is 12.8. The fraction of sp³-hybridized carbons (Fsp3) is 0.143. The predicted octanol–water partition coefficient (Wildman–Crippen LogP) is 7.73. The monoisotopic (exact) mass is 470 g/mol. The van der Waals surface area contributed by atoms with Crippen molar-refractivity contribution in [3.05, 3.63) is 89.4 Å². The van der Waals surface area contributed by atoms with Crippen LogP contribution in [-0.2, 0) is 0 Å². The lowest BCUT2D eigenvalue weighted by Gasteiger charge is -2.13. The third-order valence-electron chi connectivity index (χ3n) is 5.75. The molecule has 0 bridgehead atoms. The Morgan fingerprint density at radius 3 is 2.68 bits per heavy atom. The molecule has 5 nitrogen and oxygen atoms in total. The fourth-order valence-corrected chi connectivity index (χ4v) is 4.05. The molecule has 0 unspecified atom stereocenters. The van der Waals surface area contributed by atoms with Gasteiger partial charge in [0.05, 0.1) is 6.10 Å². The second-order valence-electron chi connectivity index (χ2n) is 8.16. The number of aromatic nitrogens is 1. The zero-order valence-electron chi connectivity index (χ0n) is 18.8. The highest BCUT2D eigenvalue weighted by molar-refractivity contribution is 6.35. The van der Waals surface area contributed by atoms with Crippen LogP contribution in [0.3, 0.4) is 0 Å². The number of halogens is 1. The molecule has 0 spiro atoms. The van der Waals surface area contributed by atoms with Crippen LogP contribution in [0.2, 0.25) is 5.02 Å². The van der Waals surface area contributed by atoms with Crippen molar-refractivity contribution < 1.29 is 13.9 Å². The number of rotatable bonds is 6. The summed E-state index contributed by atoms with van der Waals surface area (Å²) in [6.07, 6.45) is 0.974. The van der Waals surface area contributed by atoms with Crippen LogP contribution in [0, 0.1) is 0 Å². The van der Waals surface area contributed by atoms with E-state index in [1.807, 2.05) is 61.5 Å². The number of benzene rings is 4. The highest BCUT2D eigenvalue weighted by atomic mass is 35.5. The van der Waals surface area contributed by atoms with Gasteiger partial charge in [-0.3, -0.25) is 4.79 Å². The number of nitrogens with zero attached hydrogens (tertiary/aromatic N) is 1. The number of hydrogen-bond acceptors (Lipinski definition) is 4. The van der Waals surface area contributed by atoms with E-state index in [2.05, 4.69) is 17.2 Å². The van der Waals surface area contributed by atoms with Crippen molar-refractivity contribution in [1.82, 2.24) is 4.98 Å². The van der Waals surface area contributed by atoms with Gasteiger partial charge in [0.25, 0.3) is 5.91 Å². The highest BCUT2D eigenvalue weighted by Crippen LogP contribution is 2.34. The van der Waals surface area contributed by atoms with Gasteiger partial charge in [0, 0.05) is 27.2 Å². The third-order valence-corrected chi connectivity index (χ3v) is 6.08. The van der Waals surface area contributed by atoms with Gasteiger partial charge in [-0.15, -0.1) is 0 Å². The van der Waals surface area contributed by atoms with Crippen LogP contribution in [0.15, 0.2) is 83.3 Å². The summed E-state index contributed by atoms with van der Waals surface area (Å²) in [5, 5.41) is 5.53. The molecular weight excluding hydrogens is 448 g/mol. The number of ether oxygens (including phenoxy) is 1. The van der Waals surface area contributed by atoms with E-state index < -0.39 is 0 Å². The minimum Gasteiger partial charge on any atom is -0.491 e. The summed E-state index contributed by atoms with van der Waals surface area (Å²) < 4.78 is 11.9. The fourth-order valence-electron chi connectivity index (χ4n) is 3.81. The maximum atomic E-state index is 12.8. The third kappa shape index (κ3) is 4.35. The van der Waals surface area contributed by atoms with Crippen LogP contribution in [-0.4, -0.2) is 17.0 Å². The van der Waals surface area contributed by atoms with E-state index in [0.717, 1.165) is 22.8 Å². The van der Waals surface area contributed by atoms with Gasteiger partial charge in [0.2, 0.25) is 5.89 Å². The van der Waals surface area contributed by atoms with E-state index in [-0.39, 0.29) is 12.0 Å². The molecule has 34 heavy (non-hydrogen) atoms. The summed E-state index contributed by atoms with van der Waals surface area (Å²) in [5.74, 6) is 0.955. The van der Waals surface area contributed by atoms with Crippen LogP contribution in [0.4, 0.5) is 5.69 Å². The first-order valence-corrected chi connectivity index (χ1v) is 11.6. The Labute approximate surface area is 202 Å². The molecule has 0 aliphatic rings. The quantitative estimate of drug-likeness (QED) is 0.275. The molecule has 0 radical (unpaired) electrons. The molecule has 1 aromatic heterocycles. The Morgan fingerprint density at radius 1 is 1.03 bits per heavy atom. The smallest absolute Gasteiger partial charge is 0.255 e. The lowest BCUT2D eigenvalue weighted by molar-refractivity contribution is 0.102. The first-order chi connectivity index (χ1) is 16.5. The topological polar surface area (TPSA) is 64.4 Å². The van der Waals surface area contributed by atoms with Crippen molar-refractivity contribution in [2.45, 2.75) is 26.4 Å². The summed E-state index contributed by atoms with van der Waals surface area (Å²) in [4.78, 5) is 17.5. The van der Waals surface area contributed by atoms with E-state index in [9.17, 15) is 4.79 Å². The lowest BCUT2D eigenvalue weighted by atomic mass is 10.0. The molecule has 0 saturated heterocycles. The zero-order valence-corrected chi connectivity index (χ0v) is 19.6. The minimum atomic E-state index is -0.221. The standard InChI is InChI=1S/C28H23ClN2O3/c1-3-17(2)33-20-8-4-7-18(15-20)27(32)30-19-13-14-26-25(16-19)31-28(34-26)23-11-5-10-22-21(23)9-6-12-24(22)29/h4-17H,3H2,1-2H3,(H,30,32)/t17-/m0/s1. The molecule has 1 atom stereocenters. The minimum absolute atomic E-state index is 0.0832. The number of hydrogen-bond donors (Lipinski definition) is 1. The van der Waals surface area contributed by atoms with Crippen molar-refractivity contribution in [3.8, 4) is 17.2 Å². The maximum Gasteiger partial charge on any atom is 0.255 e. The average molecular weight is 471 g/mol. The Kier molecular flexibility index (Phi) is 5.95. The van der Waals surface area contributed by atoms with Gasteiger partial charge in [-0.25, -0.2) is 4.98 Å². The van der Waals surface area contributed by atoms with Crippen LogP contribution >= 0.6 is 11.6 Å². The molecule has 6 heteroatoms. The molecule has 5 rings (SSSR count). The van der Waals surface area contributed by atoms with Gasteiger partial charge < -0.3 is 14.5 Å². The van der Waals surface area contributed by atoms with Crippen molar-refractivity contribution in [2.75, 3.05) is 5.32 Å². The van der Waals surface area contributed by atoms with Crippen molar-refractivity contribution in [2.24, 2.45) is 0 Å². The molecule has 1 N–H and O–H groups in total. The van der Waals surface area contributed by atoms with Gasteiger partial charge in [-0.2, -0.15) is 0 Å². The molecule has 4 aromatic carbocycles. The van der Waals surface area contributed by atoms with Crippen LogP contribution in [0.1, 0.15) is 30.6 Å². The van der Waals surface area contributed by atoms with Crippen molar-refractivity contribution in [1.29, 1.82) is 0 Å². The number of oxazole rings is 1. The lowest BCUT2D eigenvalue weighted by Crippen LogP contribution is -2.13. The Hall–Kier alpha value is -3.83. The predicted molar refractivity (Wildman–Crippen MR) is 137 cm³/mol. The van der Waals surface area contributed by atoms with E-state index >= 15 is 0 Å². The number of anilines is 1. The van der Waals surface area contributed by atoms with Gasteiger partial charge in [-0.1, -0.05) is 48.9 Å². The molecule has 0 saturated carbocycles. The van der Waals surface area contributed by atoms with E-state index in [1.165, 1.54) is 0 Å². The zero-order chi connectivity index (χ0) is 23.7. The Morgan fingerprint density at radius 2 is 1.82 bits per heavy atom. The second-order valence-corrected chi connectivity index (χ2v) is 8.57. The number of amides is 1. The van der Waals surface area contributed by atoms with Crippen LogP contribution in [0.5, 0.6) is 5.75 Å². The summed E-state index contributed by atoms with van der Waals surface area (Å²) in [6, 6.07) is 24.2. The van der Waals surface area contributed by atoms with Crippen molar-refractivity contribution in [3.63, 3.8) is 0 Å². The first kappa shape index (κ1) is 22.0. The van der Waals surface area contributed by atoms with Crippen LogP contribution < -0.4 is 10.1 Å².